The van der Waals surface area contributed by atoms with Crippen molar-refractivity contribution in [3.8, 4) is 0 Å². The molecule has 0 bridgehead atoms. The van der Waals surface area contributed by atoms with Crippen LogP contribution in [0.5, 0.6) is 0 Å². The van der Waals surface area contributed by atoms with Crippen LogP contribution in [-0.2, 0) is 6.42 Å². The van der Waals surface area contributed by atoms with Gasteiger partial charge in [0.25, 0.3) is 0 Å². The van der Waals surface area contributed by atoms with E-state index >= 15 is 0 Å². The van der Waals surface area contributed by atoms with Crippen LogP contribution in [0.1, 0.15) is 12.5 Å². The molecule has 4 heteroatoms. The van der Waals surface area contributed by atoms with E-state index in [1.807, 2.05) is 6.92 Å². The number of furan rings is 1. The lowest BCUT2D eigenvalue weighted by Crippen LogP contribution is -2.24. The van der Waals surface area contributed by atoms with Gasteiger partial charge in [-0.3, -0.25) is 0 Å². The van der Waals surface area contributed by atoms with E-state index in [0.717, 1.165) is 0 Å². The van der Waals surface area contributed by atoms with Crippen molar-refractivity contribution in [2.24, 2.45) is 0 Å². The highest BCUT2D eigenvalue weighted by atomic mass is 19.1. The molecule has 1 atom stereocenters. The predicted octanol–water partition coefficient (Wildman–Crippen LogP) is 2.86. The summed E-state index contributed by atoms with van der Waals surface area (Å²) in [5.74, 6) is -0.910. The van der Waals surface area contributed by atoms with E-state index in [4.69, 9.17) is 4.42 Å². The van der Waals surface area contributed by atoms with Gasteiger partial charge in [-0.2, -0.15) is 0 Å². The quantitative estimate of drug-likeness (QED) is 0.868. The lowest BCUT2D eigenvalue weighted by atomic mass is 10.0. The number of rotatable bonds is 3. The lowest BCUT2D eigenvalue weighted by molar-refractivity contribution is 0.530. The fourth-order valence-electron chi connectivity index (χ4n) is 1.69. The van der Waals surface area contributed by atoms with Crippen molar-refractivity contribution in [3.63, 3.8) is 0 Å². The van der Waals surface area contributed by atoms with Crippen LogP contribution in [0.25, 0.3) is 11.0 Å². The van der Waals surface area contributed by atoms with Crippen molar-refractivity contribution >= 4 is 11.0 Å². The van der Waals surface area contributed by atoms with Crippen molar-refractivity contribution < 1.29 is 13.2 Å². The van der Waals surface area contributed by atoms with Gasteiger partial charge in [0.2, 0.25) is 0 Å². The number of nitrogens with one attached hydrogen (secondary N) is 1. The van der Waals surface area contributed by atoms with E-state index < -0.39 is 11.6 Å². The van der Waals surface area contributed by atoms with Gasteiger partial charge in [0.05, 0.1) is 11.6 Å². The maximum absolute atomic E-state index is 13.9. The molecule has 0 aliphatic carbocycles. The van der Waals surface area contributed by atoms with E-state index in [-0.39, 0.29) is 17.0 Å². The highest BCUT2D eigenvalue weighted by Gasteiger charge is 2.16. The van der Waals surface area contributed by atoms with E-state index in [0.29, 0.717) is 12.0 Å². The Hall–Kier alpha value is -1.42. The van der Waals surface area contributed by atoms with E-state index in [1.165, 1.54) is 18.4 Å². The normalized spacial score (nSPS) is 13.2. The highest BCUT2D eigenvalue weighted by molar-refractivity contribution is 5.79. The average molecular weight is 225 g/mol. The zero-order chi connectivity index (χ0) is 11.7. The van der Waals surface area contributed by atoms with Crippen molar-refractivity contribution in [1.82, 2.24) is 5.32 Å². The van der Waals surface area contributed by atoms with E-state index in [2.05, 4.69) is 5.32 Å². The smallest absolute Gasteiger partial charge is 0.172 e. The number of fused-ring (bicyclic) bond motifs is 1. The van der Waals surface area contributed by atoms with Crippen LogP contribution < -0.4 is 5.32 Å². The summed E-state index contributed by atoms with van der Waals surface area (Å²) in [4.78, 5) is 0. The molecule has 1 aromatic carbocycles. The Bertz CT molecular complexity index is 507. The van der Waals surface area contributed by atoms with Crippen LogP contribution in [0, 0.1) is 11.6 Å². The molecule has 0 saturated heterocycles. The van der Waals surface area contributed by atoms with Crippen LogP contribution in [0.3, 0.4) is 0 Å². The van der Waals surface area contributed by atoms with Gasteiger partial charge in [-0.1, -0.05) is 0 Å². The third-order valence-electron chi connectivity index (χ3n) is 2.72. The second kappa shape index (κ2) is 4.22. The Morgan fingerprint density at radius 3 is 2.88 bits per heavy atom. The van der Waals surface area contributed by atoms with Gasteiger partial charge in [0.1, 0.15) is 5.82 Å². The third kappa shape index (κ3) is 1.80. The molecule has 1 aromatic heterocycles. The maximum atomic E-state index is 13.9. The molecule has 0 aliphatic rings. The summed E-state index contributed by atoms with van der Waals surface area (Å²) in [7, 11) is 1.78. The first kappa shape index (κ1) is 11.1. The topological polar surface area (TPSA) is 25.2 Å². The van der Waals surface area contributed by atoms with Crippen LogP contribution in [0.4, 0.5) is 8.78 Å². The molecule has 0 unspecified atom stereocenters. The molecular formula is C12H13F2NO. The summed E-state index contributed by atoms with van der Waals surface area (Å²) in [6, 6.07) is 2.75. The molecule has 2 nitrogen and oxygen atoms in total. The first-order valence-corrected chi connectivity index (χ1v) is 5.14. The van der Waals surface area contributed by atoms with Crippen LogP contribution in [0.15, 0.2) is 22.8 Å². The van der Waals surface area contributed by atoms with Crippen molar-refractivity contribution in [3.05, 3.63) is 35.6 Å². The van der Waals surface area contributed by atoms with Crippen LogP contribution in [0.2, 0.25) is 0 Å². The molecule has 16 heavy (non-hydrogen) atoms. The molecule has 0 saturated carbocycles. The zero-order valence-corrected chi connectivity index (χ0v) is 9.18. The monoisotopic (exact) mass is 225 g/mol. The minimum absolute atomic E-state index is 0.00157. The third-order valence-corrected chi connectivity index (χ3v) is 2.72. The van der Waals surface area contributed by atoms with Gasteiger partial charge >= 0.3 is 0 Å². The minimum atomic E-state index is -0.469. The summed E-state index contributed by atoms with van der Waals surface area (Å²) >= 11 is 0. The summed E-state index contributed by atoms with van der Waals surface area (Å²) in [6.07, 6.45) is 1.72. The summed E-state index contributed by atoms with van der Waals surface area (Å²) in [6.45, 7) is 1.91. The SMILES string of the molecule is CN[C@H](C)Cc1cc(F)c2ccoc2c1F. The molecule has 1 N–H and O–H groups in total. The lowest BCUT2D eigenvalue weighted by Gasteiger charge is -2.11. The van der Waals surface area contributed by atoms with Crippen molar-refractivity contribution in [2.45, 2.75) is 19.4 Å². The molecule has 0 spiro atoms. The largest absolute Gasteiger partial charge is 0.461 e. The van der Waals surface area contributed by atoms with Gasteiger partial charge in [0.15, 0.2) is 11.4 Å². The molecule has 0 fully saturated rings. The van der Waals surface area contributed by atoms with Crippen LogP contribution >= 0.6 is 0 Å². The number of benzene rings is 1. The van der Waals surface area contributed by atoms with Gasteiger partial charge in [-0.05, 0) is 38.1 Å². The van der Waals surface area contributed by atoms with Gasteiger partial charge in [-0.25, -0.2) is 8.78 Å². The summed E-state index contributed by atoms with van der Waals surface area (Å²) < 4.78 is 32.4. The fraction of sp³-hybridized carbons (Fsp3) is 0.333. The summed E-state index contributed by atoms with van der Waals surface area (Å²) in [5, 5.41) is 3.18. The van der Waals surface area contributed by atoms with Gasteiger partial charge in [-0.15, -0.1) is 0 Å². The molecule has 0 amide bonds. The Morgan fingerprint density at radius 2 is 2.19 bits per heavy atom. The first-order chi connectivity index (χ1) is 7.63. The second-order valence-corrected chi connectivity index (χ2v) is 3.89. The number of likely N-dealkylation sites (N-methyl/N-ethyl adjacent to an activating group) is 1. The Kier molecular flexibility index (Phi) is 2.92. The number of hydrogen-bond donors (Lipinski definition) is 1. The van der Waals surface area contributed by atoms with E-state index in [9.17, 15) is 8.78 Å². The van der Waals surface area contributed by atoms with Crippen molar-refractivity contribution in [2.75, 3.05) is 7.05 Å². The minimum Gasteiger partial charge on any atom is -0.461 e. The molecule has 0 aliphatic heterocycles. The van der Waals surface area contributed by atoms with Crippen LogP contribution in [-0.4, -0.2) is 13.1 Å². The van der Waals surface area contributed by atoms with Gasteiger partial charge < -0.3 is 9.73 Å². The molecular weight excluding hydrogens is 212 g/mol. The molecule has 2 aromatic rings. The van der Waals surface area contributed by atoms with Gasteiger partial charge in [0, 0.05) is 6.04 Å². The zero-order valence-electron chi connectivity index (χ0n) is 9.18. The summed E-state index contributed by atoms with van der Waals surface area (Å²) in [5.41, 5.74) is 0.333. The highest BCUT2D eigenvalue weighted by Crippen LogP contribution is 2.25. The first-order valence-electron chi connectivity index (χ1n) is 5.14. The Balaban J connectivity index is 2.49. The predicted molar refractivity (Wildman–Crippen MR) is 58.4 cm³/mol. The number of hydrogen-bond acceptors (Lipinski definition) is 2. The molecule has 86 valence electrons. The molecule has 2 rings (SSSR count). The second-order valence-electron chi connectivity index (χ2n) is 3.89. The Morgan fingerprint density at radius 1 is 1.44 bits per heavy atom. The van der Waals surface area contributed by atoms with Crippen molar-refractivity contribution in [1.29, 1.82) is 0 Å². The fourth-order valence-corrected chi connectivity index (χ4v) is 1.69. The van der Waals surface area contributed by atoms with E-state index in [1.54, 1.807) is 7.05 Å². The average Bonchev–Trinajstić information content (AvgIpc) is 2.74. The Labute approximate surface area is 92.2 Å². The molecule has 1 heterocycles. The standard InChI is InChI=1S/C12H13F2NO/c1-7(15-2)5-8-6-10(13)9-3-4-16-12(9)11(8)14/h3-4,6-7,15H,5H2,1-2H3/t7-/m1/s1. The molecule has 0 radical (unpaired) electrons. The number of halogens is 2. The maximum Gasteiger partial charge on any atom is 0.172 e.